The molecule has 0 saturated heterocycles. The van der Waals surface area contributed by atoms with Crippen molar-refractivity contribution in [1.82, 2.24) is 19.9 Å². The Hall–Kier alpha value is -4.34. The highest BCUT2D eigenvalue weighted by atomic mass is 32.2. The molecule has 8 nitrogen and oxygen atoms in total. The van der Waals surface area contributed by atoms with Crippen LogP contribution < -0.4 is 10.0 Å². The fourth-order valence-electron chi connectivity index (χ4n) is 4.86. The highest BCUT2D eigenvalue weighted by Crippen LogP contribution is 2.23. The van der Waals surface area contributed by atoms with Crippen molar-refractivity contribution in [2.75, 3.05) is 0 Å². The van der Waals surface area contributed by atoms with E-state index in [1.54, 1.807) is 41.6 Å². The maximum atomic E-state index is 13.9. The number of benzene rings is 3. The first-order chi connectivity index (χ1) is 20.9. The van der Waals surface area contributed by atoms with Crippen LogP contribution in [-0.4, -0.2) is 42.2 Å². The van der Waals surface area contributed by atoms with Crippen LogP contribution in [0.1, 0.15) is 41.5 Å². The van der Waals surface area contributed by atoms with Crippen LogP contribution in [0.4, 0.5) is 0 Å². The van der Waals surface area contributed by atoms with E-state index in [-0.39, 0.29) is 35.7 Å². The van der Waals surface area contributed by atoms with Crippen LogP contribution in [0.2, 0.25) is 0 Å². The number of amides is 2. The van der Waals surface area contributed by atoms with Crippen LogP contribution in [0.25, 0.3) is 0 Å². The largest absolute Gasteiger partial charge is 0.350 e. The van der Waals surface area contributed by atoms with E-state index in [4.69, 9.17) is 0 Å². The summed E-state index contributed by atoms with van der Waals surface area (Å²) < 4.78 is 27.8. The van der Waals surface area contributed by atoms with Crippen molar-refractivity contribution < 1.29 is 18.0 Å². The fraction of sp³-hybridized carbons (Fsp3) is 0.265. The predicted molar refractivity (Wildman–Crippen MR) is 165 cm³/mol. The van der Waals surface area contributed by atoms with Crippen molar-refractivity contribution in [3.63, 3.8) is 0 Å². The number of nitrogens with zero attached hydrogens (tertiary/aromatic N) is 2. The molecule has 0 spiro atoms. The highest BCUT2D eigenvalue weighted by molar-refractivity contribution is 7.89. The van der Waals surface area contributed by atoms with Gasteiger partial charge in [0, 0.05) is 44.4 Å². The molecule has 1 heterocycles. The fourth-order valence-corrected chi connectivity index (χ4v) is 6.17. The van der Waals surface area contributed by atoms with Gasteiger partial charge in [-0.05, 0) is 65.8 Å². The average molecular weight is 597 g/mol. The molecule has 2 N–H and O–H groups in total. The van der Waals surface area contributed by atoms with E-state index in [0.717, 1.165) is 35.1 Å². The molecule has 0 bridgehead atoms. The minimum Gasteiger partial charge on any atom is -0.350 e. The van der Waals surface area contributed by atoms with Crippen molar-refractivity contribution >= 4 is 21.8 Å². The summed E-state index contributed by atoms with van der Waals surface area (Å²) in [7, 11) is -3.54. The molecule has 1 saturated carbocycles. The lowest BCUT2D eigenvalue weighted by molar-refractivity contribution is -0.141. The Morgan fingerprint density at radius 1 is 0.791 bits per heavy atom. The second kappa shape index (κ2) is 14.2. The van der Waals surface area contributed by atoms with Gasteiger partial charge < -0.3 is 10.2 Å². The quantitative estimate of drug-likeness (QED) is 0.224. The van der Waals surface area contributed by atoms with E-state index >= 15 is 0 Å². The monoisotopic (exact) mass is 596 g/mol. The summed E-state index contributed by atoms with van der Waals surface area (Å²) in [5.74, 6) is -0.390. The Balaban J connectivity index is 1.34. The molecule has 0 radical (unpaired) electrons. The van der Waals surface area contributed by atoms with Gasteiger partial charge in [-0.3, -0.25) is 14.6 Å². The van der Waals surface area contributed by atoms with E-state index in [1.165, 1.54) is 0 Å². The van der Waals surface area contributed by atoms with Gasteiger partial charge in [0.05, 0.1) is 4.90 Å². The van der Waals surface area contributed by atoms with Gasteiger partial charge in [0.15, 0.2) is 0 Å². The van der Waals surface area contributed by atoms with Crippen molar-refractivity contribution in [3.05, 3.63) is 132 Å². The molecule has 1 aliphatic rings. The standard InChI is InChI=1S/C34H36N4O4S/c39-33(18-13-26-11-16-31(17-12-26)43(41,42)37-30-14-15-30)38(25-29-9-5-2-6-10-29)32(23-27-7-3-1-4-8-27)34(40)36-24-28-19-21-35-22-20-28/h1-12,16-17,19-22,30,32,37H,13-15,18,23-25H2,(H,36,40)/t32-/m1/s1. The molecule has 1 fully saturated rings. The van der Waals surface area contributed by atoms with Gasteiger partial charge in [-0.2, -0.15) is 0 Å². The Labute approximate surface area is 253 Å². The molecule has 4 aromatic rings. The maximum absolute atomic E-state index is 13.9. The zero-order valence-corrected chi connectivity index (χ0v) is 24.7. The third-order valence-corrected chi connectivity index (χ3v) is 8.98. The minimum atomic E-state index is -3.54. The topological polar surface area (TPSA) is 108 Å². The smallest absolute Gasteiger partial charge is 0.243 e. The minimum absolute atomic E-state index is 0.0311. The van der Waals surface area contributed by atoms with Crippen molar-refractivity contribution in [1.29, 1.82) is 0 Å². The third kappa shape index (κ3) is 8.83. The second-order valence-electron chi connectivity index (χ2n) is 10.8. The number of carbonyl (C=O) groups is 2. The number of pyridine rings is 1. The number of carbonyl (C=O) groups excluding carboxylic acids is 2. The lowest BCUT2D eigenvalue weighted by atomic mass is 10.0. The molecule has 9 heteroatoms. The lowest BCUT2D eigenvalue weighted by Crippen LogP contribution is -2.50. The van der Waals surface area contributed by atoms with Crippen molar-refractivity contribution in [2.24, 2.45) is 0 Å². The first-order valence-corrected chi connectivity index (χ1v) is 16.0. The molecule has 222 valence electrons. The number of aryl methyl sites for hydroxylation is 1. The van der Waals surface area contributed by atoms with Gasteiger partial charge >= 0.3 is 0 Å². The molecule has 1 aromatic heterocycles. The van der Waals surface area contributed by atoms with Crippen molar-refractivity contribution in [3.8, 4) is 0 Å². The zero-order valence-electron chi connectivity index (χ0n) is 23.9. The average Bonchev–Trinajstić information content (AvgIpc) is 3.85. The molecular formula is C34H36N4O4S. The van der Waals surface area contributed by atoms with Gasteiger partial charge in [-0.15, -0.1) is 0 Å². The molecule has 5 rings (SSSR count). The van der Waals surface area contributed by atoms with Gasteiger partial charge in [0.25, 0.3) is 0 Å². The summed E-state index contributed by atoms with van der Waals surface area (Å²) >= 11 is 0. The number of aromatic nitrogens is 1. The van der Waals surface area contributed by atoms with E-state index in [1.807, 2.05) is 72.8 Å². The first-order valence-electron chi connectivity index (χ1n) is 14.5. The summed E-state index contributed by atoms with van der Waals surface area (Å²) in [6.07, 6.45) is 6.04. The van der Waals surface area contributed by atoms with E-state index in [0.29, 0.717) is 19.4 Å². The van der Waals surface area contributed by atoms with E-state index in [2.05, 4.69) is 15.0 Å². The Morgan fingerprint density at radius 3 is 2.05 bits per heavy atom. The summed E-state index contributed by atoms with van der Waals surface area (Å²) in [5, 5.41) is 3.03. The molecule has 3 aromatic carbocycles. The zero-order chi connectivity index (χ0) is 30.1. The Kier molecular flexibility index (Phi) is 9.96. The molecule has 1 atom stereocenters. The number of rotatable bonds is 14. The highest BCUT2D eigenvalue weighted by Gasteiger charge is 2.30. The number of hydrogen-bond acceptors (Lipinski definition) is 5. The number of hydrogen-bond donors (Lipinski definition) is 2. The summed E-state index contributed by atoms with van der Waals surface area (Å²) in [6.45, 7) is 0.606. The van der Waals surface area contributed by atoms with Crippen LogP contribution in [0.15, 0.2) is 114 Å². The van der Waals surface area contributed by atoms with Gasteiger partial charge in [0.2, 0.25) is 21.8 Å². The molecule has 0 unspecified atom stereocenters. The number of sulfonamides is 1. The van der Waals surface area contributed by atoms with Gasteiger partial charge in [-0.25, -0.2) is 13.1 Å². The Morgan fingerprint density at radius 2 is 1.42 bits per heavy atom. The molecule has 0 aliphatic heterocycles. The van der Waals surface area contributed by atoms with Crippen LogP contribution in [0.3, 0.4) is 0 Å². The summed E-state index contributed by atoms with van der Waals surface area (Å²) in [5.41, 5.74) is 3.64. The Bertz CT molecular complexity index is 1590. The summed E-state index contributed by atoms with van der Waals surface area (Å²) in [6, 6.07) is 29.0. The van der Waals surface area contributed by atoms with Crippen LogP contribution in [-0.2, 0) is 45.5 Å². The predicted octanol–water partition coefficient (Wildman–Crippen LogP) is 4.41. The molecular weight excluding hydrogens is 560 g/mol. The number of nitrogens with one attached hydrogen (secondary N) is 2. The normalized spacial score (nSPS) is 13.7. The van der Waals surface area contributed by atoms with Crippen LogP contribution >= 0.6 is 0 Å². The van der Waals surface area contributed by atoms with Crippen molar-refractivity contribution in [2.45, 2.75) is 62.2 Å². The molecule has 43 heavy (non-hydrogen) atoms. The van der Waals surface area contributed by atoms with E-state index < -0.39 is 16.1 Å². The summed E-state index contributed by atoms with van der Waals surface area (Å²) in [4.78, 5) is 33.6. The van der Waals surface area contributed by atoms with Crippen LogP contribution in [0, 0.1) is 0 Å². The van der Waals surface area contributed by atoms with Gasteiger partial charge in [-0.1, -0.05) is 72.8 Å². The first kappa shape index (κ1) is 30.1. The van der Waals surface area contributed by atoms with Crippen LogP contribution in [0.5, 0.6) is 0 Å². The SMILES string of the molecule is O=C(NCc1ccncc1)[C@@H](Cc1ccccc1)N(Cc1ccccc1)C(=O)CCc1ccc(S(=O)(=O)NC2CC2)cc1. The van der Waals surface area contributed by atoms with E-state index in [9.17, 15) is 18.0 Å². The maximum Gasteiger partial charge on any atom is 0.243 e. The lowest BCUT2D eigenvalue weighted by Gasteiger charge is -2.31. The second-order valence-corrected chi connectivity index (χ2v) is 12.5. The third-order valence-electron chi connectivity index (χ3n) is 7.44. The van der Waals surface area contributed by atoms with Gasteiger partial charge in [0.1, 0.15) is 6.04 Å². The molecule has 1 aliphatic carbocycles. The molecule has 2 amide bonds.